The largest absolute Gasteiger partial charge is 0.491 e. The number of hydrogen-bond acceptors (Lipinski definition) is 4. The fourth-order valence-corrected chi connectivity index (χ4v) is 1.78. The van der Waals surface area contributed by atoms with E-state index in [-0.39, 0.29) is 0 Å². The zero-order valence-electron chi connectivity index (χ0n) is 11.5. The number of hydrogen-bond donors (Lipinski definition) is 2. The van der Waals surface area contributed by atoms with Crippen molar-refractivity contribution in [3.63, 3.8) is 0 Å². The van der Waals surface area contributed by atoms with Gasteiger partial charge in [-0.15, -0.1) is 0 Å². The summed E-state index contributed by atoms with van der Waals surface area (Å²) >= 11 is 0. The van der Waals surface area contributed by atoms with Crippen LogP contribution in [0.1, 0.15) is 20.8 Å². The molecule has 1 aromatic carbocycles. The van der Waals surface area contributed by atoms with E-state index >= 15 is 0 Å². The van der Waals surface area contributed by atoms with Crippen LogP contribution in [0.3, 0.4) is 0 Å². The third kappa shape index (κ3) is 4.94. The Morgan fingerprint density at radius 1 is 1.28 bits per heavy atom. The van der Waals surface area contributed by atoms with Crippen molar-refractivity contribution in [1.82, 2.24) is 4.90 Å². The van der Waals surface area contributed by atoms with Crippen LogP contribution < -0.4 is 10.5 Å². The van der Waals surface area contributed by atoms with E-state index in [1.54, 1.807) is 12.1 Å². The van der Waals surface area contributed by atoms with Crippen molar-refractivity contribution in [3.8, 4) is 5.75 Å². The van der Waals surface area contributed by atoms with Crippen LogP contribution in [0.4, 0.5) is 5.69 Å². The standard InChI is InChI=1S/C14H24N2O2/c1-4-16(11(2)3)9-13(17)10-18-14-7-5-12(15)6-8-14/h5-8,11,13,17H,4,9-10,15H2,1-3H3. The van der Waals surface area contributed by atoms with Gasteiger partial charge < -0.3 is 15.6 Å². The summed E-state index contributed by atoms with van der Waals surface area (Å²) in [7, 11) is 0. The molecule has 0 saturated carbocycles. The molecule has 1 atom stereocenters. The lowest BCUT2D eigenvalue weighted by Crippen LogP contribution is -2.39. The fourth-order valence-electron chi connectivity index (χ4n) is 1.78. The molecule has 4 nitrogen and oxygen atoms in total. The van der Waals surface area contributed by atoms with Gasteiger partial charge in [0.15, 0.2) is 0 Å². The second kappa shape index (κ2) is 7.24. The summed E-state index contributed by atoms with van der Waals surface area (Å²) in [6, 6.07) is 7.62. The fraction of sp³-hybridized carbons (Fsp3) is 0.571. The second-order valence-electron chi connectivity index (χ2n) is 4.72. The maximum absolute atomic E-state index is 9.92. The first-order valence-corrected chi connectivity index (χ1v) is 6.43. The Bertz CT molecular complexity index is 338. The molecule has 1 unspecified atom stereocenters. The SMILES string of the molecule is CCN(CC(O)COc1ccc(N)cc1)C(C)C. The summed E-state index contributed by atoms with van der Waals surface area (Å²) in [5.74, 6) is 0.732. The minimum atomic E-state index is -0.482. The summed E-state index contributed by atoms with van der Waals surface area (Å²) < 4.78 is 5.52. The molecule has 4 heteroatoms. The van der Waals surface area contributed by atoms with Crippen molar-refractivity contribution in [2.45, 2.75) is 32.9 Å². The molecule has 0 aromatic heterocycles. The van der Waals surface area contributed by atoms with Crippen LogP contribution in [0, 0.1) is 0 Å². The summed E-state index contributed by atoms with van der Waals surface area (Å²) in [5, 5.41) is 9.92. The lowest BCUT2D eigenvalue weighted by molar-refractivity contribution is 0.0597. The van der Waals surface area contributed by atoms with Gasteiger partial charge in [0.05, 0.1) is 0 Å². The number of rotatable bonds is 7. The van der Waals surface area contributed by atoms with E-state index < -0.39 is 6.10 Å². The molecular weight excluding hydrogens is 228 g/mol. The molecule has 0 aliphatic heterocycles. The highest BCUT2D eigenvalue weighted by atomic mass is 16.5. The molecule has 0 saturated heterocycles. The summed E-state index contributed by atoms with van der Waals surface area (Å²) in [6.45, 7) is 8.19. The van der Waals surface area contributed by atoms with Crippen LogP contribution in [0.5, 0.6) is 5.75 Å². The summed E-state index contributed by atoms with van der Waals surface area (Å²) in [4.78, 5) is 2.21. The number of nitrogen functional groups attached to an aromatic ring is 1. The predicted molar refractivity (Wildman–Crippen MR) is 74.7 cm³/mol. The van der Waals surface area contributed by atoms with Crippen LogP contribution in [0.15, 0.2) is 24.3 Å². The van der Waals surface area contributed by atoms with Gasteiger partial charge in [-0.3, -0.25) is 4.90 Å². The average Bonchev–Trinajstić information content (AvgIpc) is 2.35. The van der Waals surface area contributed by atoms with E-state index in [0.717, 1.165) is 12.3 Å². The zero-order valence-corrected chi connectivity index (χ0v) is 11.5. The first kappa shape index (κ1) is 14.8. The molecular formula is C14H24N2O2. The van der Waals surface area contributed by atoms with Crippen molar-refractivity contribution >= 4 is 5.69 Å². The van der Waals surface area contributed by atoms with E-state index in [2.05, 4.69) is 25.7 Å². The molecule has 18 heavy (non-hydrogen) atoms. The van der Waals surface area contributed by atoms with Gasteiger partial charge in [0, 0.05) is 18.3 Å². The number of likely N-dealkylation sites (N-methyl/N-ethyl adjacent to an activating group) is 1. The predicted octanol–water partition coefficient (Wildman–Crippen LogP) is 1.74. The van der Waals surface area contributed by atoms with Crippen molar-refractivity contribution in [3.05, 3.63) is 24.3 Å². The Labute approximate surface area is 109 Å². The maximum atomic E-state index is 9.92. The van der Waals surface area contributed by atoms with Gasteiger partial charge in [-0.25, -0.2) is 0 Å². The molecule has 0 bridgehead atoms. The van der Waals surface area contributed by atoms with Gasteiger partial charge in [0.2, 0.25) is 0 Å². The molecule has 0 fully saturated rings. The van der Waals surface area contributed by atoms with Gasteiger partial charge in [-0.1, -0.05) is 6.92 Å². The van der Waals surface area contributed by atoms with Gasteiger partial charge in [-0.05, 0) is 44.7 Å². The van der Waals surface area contributed by atoms with Crippen molar-refractivity contribution < 1.29 is 9.84 Å². The van der Waals surface area contributed by atoms with Gasteiger partial charge in [-0.2, -0.15) is 0 Å². The average molecular weight is 252 g/mol. The monoisotopic (exact) mass is 252 g/mol. The molecule has 0 heterocycles. The Balaban J connectivity index is 2.36. The number of aliphatic hydroxyl groups excluding tert-OH is 1. The Morgan fingerprint density at radius 3 is 2.39 bits per heavy atom. The summed E-state index contributed by atoms with van der Waals surface area (Å²) in [5.41, 5.74) is 6.30. The highest BCUT2D eigenvalue weighted by Crippen LogP contribution is 2.13. The highest BCUT2D eigenvalue weighted by molar-refractivity contribution is 5.41. The molecule has 1 rings (SSSR count). The molecule has 0 amide bonds. The number of benzene rings is 1. The van der Waals surface area contributed by atoms with E-state index in [1.807, 2.05) is 12.1 Å². The van der Waals surface area contributed by atoms with Crippen molar-refractivity contribution in [2.75, 3.05) is 25.4 Å². The van der Waals surface area contributed by atoms with Gasteiger partial charge >= 0.3 is 0 Å². The third-order valence-corrected chi connectivity index (χ3v) is 2.90. The topological polar surface area (TPSA) is 58.7 Å². The van der Waals surface area contributed by atoms with Gasteiger partial charge in [0.1, 0.15) is 18.5 Å². The lowest BCUT2D eigenvalue weighted by Gasteiger charge is -2.27. The Morgan fingerprint density at radius 2 is 1.89 bits per heavy atom. The van der Waals surface area contributed by atoms with Crippen LogP contribution in [0.25, 0.3) is 0 Å². The number of ether oxygens (including phenoxy) is 1. The zero-order chi connectivity index (χ0) is 13.5. The highest BCUT2D eigenvalue weighted by Gasteiger charge is 2.13. The molecule has 3 N–H and O–H groups in total. The van der Waals surface area contributed by atoms with Gasteiger partial charge in [0.25, 0.3) is 0 Å². The number of nitrogens with two attached hydrogens (primary N) is 1. The Kier molecular flexibility index (Phi) is 5.95. The first-order valence-electron chi connectivity index (χ1n) is 6.43. The van der Waals surface area contributed by atoms with Crippen LogP contribution in [-0.2, 0) is 0 Å². The van der Waals surface area contributed by atoms with Crippen molar-refractivity contribution in [2.24, 2.45) is 0 Å². The molecule has 0 aliphatic carbocycles. The Hall–Kier alpha value is -1.26. The number of anilines is 1. The number of nitrogens with zero attached hydrogens (tertiary/aromatic N) is 1. The molecule has 1 aromatic rings. The molecule has 0 radical (unpaired) electrons. The third-order valence-electron chi connectivity index (χ3n) is 2.90. The minimum Gasteiger partial charge on any atom is -0.491 e. The van der Waals surface area contributed by atoms with Crippen molar-refractivity contribution in [1.29, 1.82) is 0 Å². The van der Waals surface area contributed by atoms with E-state index in [4.69, 9.17) is 10.5 Å². The first-order chi connectivity index (χ1) is 8.52. The smallest absolute Gasteiger partial charge is 0.119 e. The second-order valence-corrected chi connectivity index (χ2v) is 4.72. The summed E-state index contributed by atoms with van der Waals surface area (Å²) in [6.07, 6.45) is -0.482. The minimum absolute atomic E-state index is 0.299. The van der Waals surface area contributed by atoms with Crippen LogP contribution >= 0.6 is 0 Å². The van der Waals surface area contributed by atoms with E-state index in [1.165, 1.54) is 0 Å². The number of aliphatic hydroxyl groups is 1. The molecule has 102 valence electrons. The van der Waals surface area contributed by atoms with Crippen LogP contribution in [-0.4, -0.2) is 41.8 Å². The maximum Gasteiger partial charge on any atom is 0.119 e. The van der Waals surface area contributed by atoms with Crippen LogP contribution in [0.2, 0.25) is 0 Å². The molecule has 0 spiro atoms. The van der Waals surface area contributed by atoms with E-state index in [0.29, 0.717) is 24.9 Å². The quantitative estimate of drug-likeness (QED) is 0.726. The molecule has 0 aliphatic rings. The normalized spacial score (nSPS) is 13.0. The van der Waals surface area contributed by atoms with E-state index in [9.17, 15) is 5.11 Å². The lowest BCUT2D eigenvalue weighted by atomic mass is 10.2.